The van der Waals surface area contributed by atoms with Gasteiger partial charge in [0, 0.05) is 5.69 Å². The highest BCUT2D eigenvalue weighted by atomic mass is 16.3. The van der Waals surface area contributed by atoms with Gasteiger partial charge in [-0.25, -0.2) is 0 Å². The molecule has 2 unspecified atom stereocenters. The minimum absolute atomic E-state index is 0.0468. The van der Waals surface area contributed by atoms with Crippen LogP contribution in [0.3, 0.4) is 0 Å². The maximum Gasteiger partial charge on any atom is 0.227 e. The number of furan rings is 1. The van der Waals surface area contributed by atoms with Crippen molar-refractivity contribution in [2.75, 3.05) is 5.73 Å². The monoisotopic (exact) mass is 258 g/mol. The molecule has 2 aromatic rings. The van der Waals surface area contributed by atoms with Gasteiger partial charge in [-0.1, -0.05) is 12.1 Å². The van der Waals surface area contributed by atoms with E-state index < -0.39 is 0 Å². The third-order valence-corrected chi connectivity index (χ3v) is 3.13. The van der Waals surface area contributed by atoms with Gasteiger partial charge >= 0.3 is 0 Å². The Morgan fingerprint density at radius 1 is 1.26 bits per heavy atom. The average molecular weight is 258 g/mol. The Morgan fingerprint density at radius 3 is 2.68 bits per heavy atom. The number of hydrogen-bond acceptors (Lipinski definition) is 3. The SMILES string of the molecule is CC(NC(=O)C(C)c1cccc(N)c1)c1ccco1. The van der Waals surface area contributed by atoms with Crippen molar-refractivity contribution in [1.82, 2.24) is 5.32 Å². The van der Waals surface area contributed by atoms with E-state index in [2.05, 4.69) is 5.32 Å². The summed E-state index contributed by atoms with van der Waals surface area (Å²) in [4.78, 5) is 12.2. The number of nitrogens with two attached hydrogens (primary N) is 1. The molecule has 1 aromatic carbocycles. The molecular formula is C15H18N2O2. The van der Waals surface area contributed by atoms with Crippen molar-refractivity contribution in [2.45, 2.75) is 25.8 Å². The first-order chi connectivity index (χ1) is 9.08. The number of anilines is 1. The van der Waals surface area contributed by atoms with Gasteiger partial charge in [0.15, 0.2) is 0 Å². The van der Waals surface area contributed by atoms with E-state index >= 15 is 0 Å². The van der Waals surface area contributed by atoms with E-state index in [9.17, 15) is 4.79 Å². The number of carbonyl (C=O) groups excluding carboxylic acids is 1. The van der Waals surface area contributed by atoms with Gasteiger partial charge in [-0.15, -0.1) is 0 Å². The van der Waals surface area contributed by atoms with Crippen molar-refractivity contribution < 1.29 is 9.21 Å². The highest BCUT2D eigenvalue weighted by Gasteiger charge is 2.18. The number of nitrogens with one attached hydrogen (secondary N) is 1. The molecule has 2 rings (SSSR count). The summed E-state index contributed by atoms with van der Waals surface area (Å²) in [5.41, 5.74) is 7.30. The Bertz CT molecular complexity index is 549. The molecule has 1 amide bonds. The fourth-order valence-corrected chi connectivity index (χ4v) is 1.93. The van der Waals surface area contributed by atoms with Gasteiger partial charge in [-0.2, -0.15) is 0 Å². The minimum Gasteiger partial charge on any atom is -0.467 e. The number of carbonyl (C=O) groups is 1. The standard InChI is InChI=1S/C15H18N2O2/c1-10(12-5-3-6-13(16)9-12)15(18)17-11(2)14-7-4-8-19-14/h3-11H,16H2,1-2H3,(H,17,18). The van der Waals surface area contributed by atoms with E-state index in [1.807, 2.05) is 38.1 Å². The first-order valence-corrected chi connectivity index (χ1v) is 6.27. The summed E-state index contributed by atoms with van der Waals surface area (Å²) < 4.78 is 5.27. The maximum absolute atomic E-state index is 12.2. The van der Waals surface area contributed by atoms with Crippen LogP contribution in [0.15, 0.2) is 47.1 Å². The number of rotatable bonds is 4. The summed E-state index contributed by atoms with van der Waals surface area (Å²) in [5, 5.41) is 2.93. The molecule has 0 aliphatic carbocycles. The summed E-state index contributed by atoms with van der Waals surface area (Å²) in [6, 6.07) is 10.9. The lowest BCUT2D eigenvalue weighted by Gasteiger charge is -2.16. The Balaban J connectivity index is 2.04. The normalized spacial score (nSPS) is 13.8. The van der Waals surface area contributed by atoms with Gasteiger partial charge < -0.3 is 15.5 Å². The summed E-state index contributed by atoms with van der Waals surface area (Å²) in [6.45, 7) is 3.75. The van der Waals surface area contributed by atoms with Crippen LogP contribution in [0, 0.1) is 0 Å². The second-order valence-electron chi connectivity index (χ2n) is 4.64. The van der Waals surface area contributed by atoms with E-state index in [0.717, 1.165) is 11.3 Å². The zero-order valence-corrected chi connectivity index (χ0v) is 11.1. The maximum atomic E-state index is 12.2. The molecule has 1 aromatic heterocycles. The highest BCUT2D eigenvalue weighted by Crippen LogP contribution is 2.20. The molecule has 3 N–H and O–H groups in total. The van der Waals surface area contributed by atoms with E-state index in [1.54, 1.807) is 18.4 Å². The predicted molar refractivity (Wildman–Crippen MR) is 74.5 cm³/mol. The topological polar surface area (TPSA) is 68.3 Å². The van der Waals surface area contributed by atoms with Gasteiger partial charge in [0.05, 0.1) is 18.2 Å². The largest absolute Gasteiger partial charge is 0.467 e. The van der Waals surface area contributed by atoms with Crippen LogP contribution < -0.4 is 11.1 Å². The minimum atomic E-state index is -0.249. The third-order valence-electron chi connectivity index (χ3n) is 3.13. The molecule has 0 aliphatic heterocycles. The van der Waals surface area contributed by atoms with Crippen LogP contribution in [0.2, 0.25) is 0 Å². The average Bonchev–Trinajstić information content (AvgIpc) is 2.91. The Morgan fingerprint density at radius 2 is 2.05 bits per heavy atom. The van der Waals surface area contributed by atoms with Crippen LogP contribution in [0.25, 0.3) is 0 Å². The summed E-state index contributed by atoms with van der Waals surface area (Å²) >= 11 is 0. The number of nitrogen functional groups attached to an aromatic ring is 1. The molecule has 0 saturated carbocycles. The van der Waals surface area contributed by atoms with E-state index in [4.69, 9.17) is 10.2 Å². The molecule has 0 bridgehead atoms. The van der Waals surface area contributed by atoms with Crippen molar-refractivity contribution in [2.24, 2.45) is 0 Å². The molecule has 0 fully saturated rings. The second kappa shape index (κ2) is 5.61. The van der Waals surface area contributed by atoms with Gasteiger partial charge in [-0.05, 0) is 43.7 Å². The summed E-state index contributed by atoms with van der Waals surface area (Å²) in [5.74, 6) is 0.448. The summed E-state index contributed by atoms with van der Waals surface area (Å²) in [6.07, 6.45) is 1.60. The van der Waals surface area contributed by atoms with Crippen molar-refractivity contribution in [3.8, 4) is 0 Å². The first kappa shape index (κ1) is 13.2. The van der Waals surface area contributed by atoms with Gasteiger partial charge in [0.1, 0.15) is 5.76 Å². The lowest BCUT2D eigenvalue weighted by molar-refractivity contribution is -0.123. The fraction of sp³-hybridized carbons (Fsp3) is 0.267. The third kappa shape index (κ3) is 3.16. The molecule has 4 heteroatoms. The zero-order valence-electron chi connectivity index (χ0n) is 11.1. The Kier molecular flexibility index (Phi) is 3.90. The molecule has 19 heavy (non-hydrogen) atoms. The molecule has 0 saturated heterocycles. The Labute approximate surface area is 112 Å². The van der Waals surface area contributed by atoms with Crippen molar-refractivity contribution >= 4 is 11.6 Å². The molecule has 100 valence electrons. The lowest BCUT2D eigenvalue weighted by atomic mass is 9.99. The van der Waals surface area contributed by atoms with Gasteiger partial charge in [0.25, 0.3) is 0 Å². The predicted octanol–water partition coefficient (Wildman–Crippen LogP) is 2.84. The van der Waals surface area contributed by atoms with E-state index in [0.29, 0.717) is 5.69 Å². The first-order valence-electron chi connectivity index (χ1n) is 6.27. The second-order valence-corrected chi connectivity index (χ2v) is 4.64. The molecule has 0 radical (unpaired) electrons. The molecule has 2 atom stereocenters. The quantitative estimate of drug-likeness (QED) is 0.828. The smallest absolute Gasteiger partial charge is 0.227 e. The molecule has 0 spiro atoms. The number of hydrogen-bond donors (Lipinski definition) is 2. The van der Waals surface area contributed by atoms with Crippen molar-refractivity contribution in [1.29, 1.82) is 0 Å². The zero-order chi connectivity index (χ0) is 13.8. The van der Waals surface area contributed by atoms with Crippen LogP contribution >= 0.6 is 0 Å². The number of amides is 1. The number of benzene rings is 1. The Hall–Kier alpha value is -2.23. The fourth-order valence-electron chi connectivity index (χ4n) is 1.93. The molecule has 0 aliphatic rings. The van der Waals surface area contributed by atoms with Gasteiger partial charge in [-0.3, -0.25) is 4.79 Å². The van der Waals surface area contributed by atoms with Crippen LogP contribution in [0.1, 0.15) is 37.1 Å². The van der Waals surface area contributed by atoms with Crippen LogP contribution in [0.4, 0.5) is 5.69 Å². The van der Waals surface area contributed by atoms with Crippen molar-refractivity contribution in [3.05, 3.63) is 54.0 Å². The highest BCUT2D eigenvalue weighted by molar-refractivity contribution is 5.83. The lowest BCUT2D eigenvalue weighted by Crippen LogP contribution is -2.30. The van der Waals surface area contributed by atoms with Crippen molar-refractivity contribution in [3.63, 3.8) is 0 Å². The molecule has 4 nitrogen and oxygen atoms in total. The van der Waals surface area contributed by atoms with Crippen LogP contribution in [0.5, 0.6) is 0 Å². The summed E-state index contributed by atoms with van der Waals surface area (Å²) in [7, 11) is 0. The van der Waals surface area contributed by atoms with E-state index in [-0.39, 0.29) is 17.9 Å². The van der Waals surface area contributed by atoms with Crippen LogP contribution in [-0.2, 0) is 4.79 Å². The molecule has 1 heterocycles. The van der Waals surface area contributed by atoms with Crippen LogP contribution in [-0.4, -0.2) is 5.91 Å². The van der Waals surface area contributed by atoms with Gasteiger partial charge in [0.2, 0.25) is 5.91 Å². The molecular weight excluding hydrogens is 240 g/mol. The van der Waals surface area contributed by atoms with E-state index in [1.165, 1.54) is 0 Å².